The van der Waals surface area contributed by atoms with Crippen LogP contribution >= 0.6 is 0 Å². The summed E-state index contributed by atoms with van der Waals surface area (Å²) in [6.45, 7) is 1.58. The second-order valence-electron chi connectivity index (χ2n) is 8.16. The minimum atomic E-state index is -4.04. The molecule has 4 rings (SSSR count). The number of rotatable bonds is 10. The second-order valence-corrected chi connectivity index (χ2v) is 10.0. The van der Waals surface area contributed by atoms with Gasteiger partial charge < -0.3 is 14.4 Å². The molecule has 0 spiro atoms. The molecule has 3 aromatic rings. The summed E-state index contributed by atoms with van der Waals surface area (Å²) in [5.41, 5.74) is 3.01. The number of carbonyl (C=O) groups is 2. The average molecular weight is 538 g/mol. The Morgan fingerprint density at radius 1 is 1.03 bits per heavy atom. The van der Waals surface area contributed by atoms with Crippen LogP contribution < -0.4 is 14.5 Å². The van der Waals surface area contributed by atoms with E-state index in [0.717, 1.165) is 4.31 Å². The van der Waals surface area contributed by atoms with Crippen LogP contribution in [0.15, 0.2) is 89.0 Å². The van der Waals surface area contributed by atoms with Gasteiger partial charge in [-0.3, -0.25) is 9.59 Å². The molecule has 2 aromatic carbocycles. The lowest BCUT2D eigenvalue weighted by Gasteiger charge is -2.26. The highest BCUT2D eigenvalue weighted by Crippen LogP contribution is 2.21. The number of sulfonamides is 1. The molecule has 12 heteroatoms. The molecule has 1 aromatic heterocycles. The van der Waals surface area contributed by atoms with Crippen molar-refractivity contribution in [1.82, 2.24) is 15.3 Å². The number of pyridine rings is 1. The number of aromatic nitrogens is 1. The van der Waals surface area contributed by atoms with E-state index >= 15 is 0 Å². The summed E-state index contributed by atoms with van der Waals surface area (Å²) in [6, 6.07) is 19.4. The fourth-order valence-electron chi connectivity index (χ4n) is 3.55. The molecule has 0 aliphatic carbocycles. The van der Waals surface area contributed by atoms with Crippen molar-refractivity contribution in [3.8, 4) is 5.75 Å². The zero-order valence-electron chi connectivity index (χ0n) is 20.5. The van der Waals surface area contributed by atoms with Gasteiger partial charge in [-0.2, -0.15) is 5.10 Å². The van der Waals surface area contributed by atoms with E-state index in [-0.39, 0.29) is 23.2 Å². The Morgan fingerprint density at radius 2 is 1.74 bits per heavy atom. The van der Waals surface area contributed by atoms with Crippen LogP contribution in [-0.2, 0) is 24.3 Å². The lowest BCUT2D eigenvalue weighted by molar-refractivity contribution is -0.137. The number of ether oxygens (including phenoxy) is 2. The first kappa shape index (κ1) is 26.8. The third kappa shape index (κ3) is 7.14. The van der Waals surface area contributed by atoms with E-state index in [1.807, 2.05) is 0 Å². The number of carbonyl (C=O) groups excluding carboxylic acids is 2. The molecule has 0 unspecified atom stereocenters. The van der Waals surface area contributed by atoms with Gasteiger partial charge in [0.1, 0.15) is 18.1 Å². The molecular formula is C26H27N5O6S. The molecular weight excluding hydrogens is 510 g/mol. The Labute approximate surface area is 220 Å². The molecule has 1 aliphatic rings. The number of nitrogens with one attached hydrogen (secondary N) is 1. The van der Waals surface area contributed by atoms with Gasteiger partial charge in [-0.1, -0.05) is 24.3 Å². The first-order chi connectivity index (χ1) is 18.4. The zero-order valence-corrected chi connectivity index (χ0v) is 21.3. The van der Waals surface area contributed by atoms with Crippen molar-refractivity contribution in [3.63, 3.8) is 0 Å². The predicted molar refractivity (Wildman–Crippen MR) is 140 cm³/mol. The topological polar surface area (TPSA) is 130 Å². The molecule has 0 saturated carbocycles. The summed E-state index contributed by atoms with van der Waals surface area (Å²) in [7, 11) is -4.04. The van der Waals surface area contributed by atoms with Gasteiger partial charge in [-0.25, -0.2) is 23.1 Å². The van der Waals surface area contributed by atoms with Gasteiger partial charge in [0.15, 0.2) is 6.61 Å². The number of hydrogen-bond acceptors (Lipinski definition) is 8. The smallest absolute Gasteiger partial charge is 0.265 e. The summed E-state index contributed by atoms with van der Waals surface area (Å²) in [6.07, 6.45) is 2.86. The number of benzene rings is 2. The molecule has 2 amide bonds. The van der Waals surface area contributed by atoms with Crippen LogP contribution in [0.3, 0.4) is 0 Å². The highest BCUT2D eigenvalue weighted by molar-refractivity contribution is 7.92. The molecule has 2 heterocycles. The zero-order chi connectivity index (χ0) is 26.8. The van der Waals surface area contributed by atoms with Crippen LogP contribution in [0.4, 0.5) is 5.82 Å². The maximum atomic E-state index is 13.2. The Kier molecular flexibility index (Phi) is 9.01. The molecule has 0 bridgehead atoms. The maximum Gasteiger partial charge on any atom is 0.265 e. The summed E-state index contributed by atoms with van der Waals surface area (Å²) >= 11 is 0. The van der Waals surface area contributed by atoms with E-state index in [1.165, 1.54) is 30.6 Å². The number of morpholine rings is 1. The monoisotopic (exact) mass is 537 g/mol. The van der Waals surface area contributed by atoms with Crippen LogP contribution in [0.2, 0.25) is 0 Å². The summed E-state index contributed by atoms with van der Waals surface area (Å²) in [5, 5.41) is 3.93. The average Bonchev–Trinajstić information content (AvgIpc) is 2.96. The van der Waals surface area contributed by atoms with E-state index in [9.17, 15) is 18.0 Å². The van der Waals surface area contributed by atoms with Crippen molar-refractivity contribution < 1.29 is 27.5 Å². The van der Waals surface area contributed by atoms with E-state index < -0.39 is 22.5 Å². The highest BCUT2D eigenvalue weighted by atomic mass is 32.2. The first-order valence-corrected chi connectivity index (χ1v) is 13.3. The largest absolute Gasteiger partial charge is 0.484 e. The molecule has 1 aliphatic heterocycles. The third-order valence-corrected chi connectivity index (χ3v) is 7.30. The van der Waals surface area contributed by atoms with Crippen LogP contribution in [0.25, 0.3) is 0 Å². The fraction of sp³-hybridized carbons (Fsp3) is 0.231. The van der Waals surface area contributed by atoms with Gasteiger partial charge in [0.05, 0.1) is 24.3 Å². The van der Waals surface area contributed by atoms with Gasteiger partial charge in [0, 0.05) is 19.3 Å². The number of anilines is 1. The Hall–Kier alpha value is -4.29. The molecule has 198 valence electrons. The van der Waals surface area contributed by atoms with E-state index in [1.54, 1.807) is 59.5 Å². The van der Waals surface area contributed by atoms with Crippen LogP contribution in [0, 0.1) is 0 Å². The number of hydrogen-bond donors (Lipinski definition) is 1. The molecule has 1 saturated heterocycles. The fourth-order valence-corrected chi connectivity index (χ4v) is 4.95. The summed E-state index contributed by atoms with van der Waals surface area (Å²) in [4.78, 5) is 30.6. The van der Waals surface area contributed by atoms with Gasteiger partial charge in [-0.05, 0) is 54.1 Å². The molecule has 1 N–H and O–H groups in total. The second kappa shape index (κ2) is 12.8. The SMILES string of the molecule is O=C(CN(c1ccccn1)S(=O)(=O)c1ccccc1)N/N=C\c1ccc(OCC(=O)N2CCOCC2)cc1. The van der Waals surface area contributed by atoms with Crippen molar-refractivity contribution in [1.29, 1.82) is 0 Å². The number of hydrazone groups is 1. The van der Waals surface area contributed by atoms with Crippen molar-refractivity contribution >= 4 is 33.9 Å². The number of nitrogens with zero attached hydrogens (tertiary/aromatic N) is 4. The lowest BCUT2D eigenvalue weighted by Crippen LogP contribution is -2.42. The van der Waals surface area contributed by atoms with Crippen molar-refractivity contribution in [2.45, 2.75) is 4.90 Å². The minimum Gasteiger partial charge on any atom is -0.484 e. The van der Waals surface area contributed by atoms with Gasteiger partial charge in [-0.15, -0.1) is 0 Å². The highest BCUT2D eigenvalue weighted by Gasteiger charge is 2.27. The van der Waals surface area contributed by atoms with E-state index in [4.69, 9.17) is 9.47 Å². The molecule has 1 fully saturated rings. The van der Waals surface area contributed by atoms with E-state index in [0.29, 0.717) is 37.6 Å². The molecule has 11 nitrogen and oxygen atoms in total. The van der Waals surface area contributed by atoms with Crippen LogP contribution in [0.1, 0.15) is 5.56 Å². The minimum absolute atomic E-state index is 0.0379. The Morgan fingerprint density at radius 3 is 2.42 bits per heavy atom. The Bertz CT molecular complexity index is 1350. The van der Waals surface area contributed by atoms with Crippen molar-refractivity contribution in [2.24, 2.45) is 5.10 Å². The molecule has 38 heavy (non-hydrogen) atoms. The van der Waals surface area contributed by atoms with Crippen LogP contribution in [-0.4, -0.2) is 75.8 Å². The van der Waals surface area contributed by atoms with Crippen molar-refractivity contribution in [2.75, 3.05) is 43.8 Å². The predicted octanol–water partition coefficient (Wildman–Crippen LogP) is 1.66. The standard InChI is InChI=1S/C26H27N5O6S/c32-25(19-31(24-8-4-5-13-27-24)38(34,35)23-6-2-1-3-7-23)29-28-18-21-9-11-22(12-10-21)37-20-26(33)30-14-16-36-17-15-30/h1-13,18H,14-17,19-20H2,(H,29,32)/b28-18-. The lowest BCUT2D eigenvalue weighted by atomic mass is 10.2. The quantitative estimate of drug-likeness (QED) is 0.307. The van der Waals surface area contributed by atoms with Gasteiger partial charge in [0.2, 0.25) is 0 Å². The first-order valence-electron chi connectivity index (χ1n) is 11.8. The third-order valence-electron chi connectivity index (χ3n) is 5.53. The van der Waals surface area contributed by atoms with Crippen LogP contribution in [0.5, 0.6) is 5.75 Å². The van der Waals surface area contributed by atoms with E-state index in [2.05, 4.69) is 15.5 Å². The van der Waals surface area contributed by atoms with Gasteiger partial charge in [0.25, 0.3) is 21.8 Å². The maximum absolute atomic E-state index is 13.2. The number of amides is 2. The molecule has 0 radical (unpaired) electrons. The van der Waals surface area contributed by atoms with Gasteiger partial charge >= 0.3 is 0 Å². The summed E-state index contributed by atoms with van der Waals surface area (Å²) < 4.78 is 38.1. The normalized spacial score (nSPS) is 13.7. The summed E-state index contributed by atoms with van der Waals surface area (Å²) in [5.74, 6) is -0.119. The Balaban J connectivity index is 1.33. The molecule has 0 atom stereocenters. The van der Waals surface area contributed by atoms with Crippen molar-refractivity contribution in [3.05, 3.63) is 84.6 Å².